The van der Waals surface area contributed by atoms with Crippen LogP contribution in [0.1, 0.15) is 48.0 Å². The van der Waals surface area contributed by atoms with E-state index in [0.717, 1.165) is 6.42 Å². The van der Waals surface area contributed by atoms with Gasteiger partial charge in [-0.25, -0.2) is 0 Å². The second kappa shape index (κ2) is 7.39. The Labute approximate surface area is 111 Å². The highest BCUT2D eigenvalue weighted by Crippen LogP contribution is 2.24. The summed E-state index contributed by atoms with van der Waals surface area (Å²) in [6.45, 7) is 12.9. The van der Waals surface area contributed by atoms with Crippen molar-refractivity contribution in [1.29, 1.82) is 0 Å². The predicted molar refractivity (Wildman–Crippen MR) is 74.1 cm³/mol. The normalized spacial score (nSPS) is 14.8. The minimum atomic E-state index is -0.0391. The zero-order chi connectivity index (χ0) is 14.3. The Kier molecular flexibility index (Phi) is 6.96. The molecule has 0 spiro atoms. The molecule has 2 amide bonds. The molecule has 2 atom stereocenters. The minimum Gasteiger partial charge on any atom is -0.354 e. The topological polar surface area (TPSA) is 58.2 Å². The number of hydrogen-bond donors (Lipinski definition) is 2. The smallest absolute Gasteiger partial charge is 0.223 e. The molecule has 0 aliphatic heterocycles. The zero-order valence-electron chi connectivity index (χ0n) is 12.6. The number of rotatable bonds is 6. The van der Waals surface area contributed by atoms with Crippen LogP contribution in [-0.4, -0.2) is 24.9 Å². The Morgan fingerprint density at radius 3 is 1.83 bits per heavy atom. The summed E-state index contributed by atoms with van der Waals surface area (Å²) in [5.41, 5.74) is -0.0376. The van der Waals surface area contributed by atoms with Gasteiger partial charge in [0.25, 0.3) is 0 Å². The molecule has 106 valence electrons. The van der Waals surface area contributed by atoms with E-state index in [-0.39, 0.29) is 29.1 Å². The SMILES string of the molecule is CCC(C)C(=O)NCCNC(=O)C(C)C(C)(C)C. The lowest BCUT2D eigenvalue weighted by Gasteiger charge is -2.26. The number of nitrogens with one attached hydrogen (secondary N) is 2. The van der Waals surface area contributed by atoms with E-state index >= 15 is 0 Å². The van der Waals surface area contributed by atoms with Gasteiger partial charge in [0.05, 0.1) is 0 Å². The van der Waals surface area contributed by atoms with Gasteiger partial charge < -0.3 is 10.6 Å². The van der Waals surface area contributed by atoms with Crippen LogP contribution in [0.5, 0.6) is 0 Å². The van der Waals surface area contributed by atoms with Crippen molar-refractivity contribution in [1.82, 2.24) is 10.6 Å². The molecule has 0 saturated heterocycles. The van der Waals surface area contributed by atoms with Crippen LogP contribution in [0.25, 0.3) is 0 Å². The molecule has 0 rings (SSSR count). The Bertz CT molecular complexity index is 282. The predicted octanol–water partition coefficient (Wildman–Crippen LogP) is 1.95. The molecule has 0 aliphatic rings. The molecular weight excluding hydrogens is 228 g/mol. The van der Waals surface area contributed by atoms with Gasteiger partial charge in [-0.05, 0) is 11.8 Å². The summed E-state index contributed by atoms with van der Waals surface area (Å²) in [6.07, 6.45) is 0.833. The average molecular weight is 256 g/mol. The molecular formula is C14H28N2O2. The van der Waals surface area contributed by atoms with E-state index in [9.17, 15) is 9.59 Å². The molecule has 0 fully saturated rings. The number of amides is 2. The molecule has 18 heavy (non-hydrogen) atoms. The van der Waals surface area contributed by atoms with Crippen molar-refractivity contribution in [2.75, 3.05) is 13.1 Å². The maximum absolute atomic E-state index is 11.8. The van der Waals surface area contributed by atoms with E-state index in [1.54, 1.807) is 0 Å². The Hall–Kier alpha value is -1.06. The zero-order valence-corrected chi connectivity index (χ0v) is 12.6. The molecule has 0 radical (unpaired) electrons. The minimum absolute atomic E-state index is 0.0363. The Morgan fingerprint density at radius 2 is 1.44 bits per heavy atom. The molecule has 0 aromatic rings. The summed E-state index contributed by atoms with van der Waals surface area (Å²) in [4.78, 5) is 23.3. The molecule has 2 unspecified atom stereocenters. The Balaban J connectivity index is 3.86. The third-order valence-electron chi connectivity index (χ3n) is 3.48. The van der Waals surface area contributed by atoms with Crippen molar-refractivity contribution in [2.24, 2.45) is 17.3 Å². The summed E-state index contributed by atoms with van der Waals surface area (Å²) in [6, 6.07) is 0. The summed E-state index contributed by atoms with van der Waals surface area (Å²) in [5.74, 6) is 0.0906. The van der Waals surface area contributed by atoms with Gasteiger partial charge in [0.2, 0.25) is 11.8 Å². The van der Waals surface area contributed by atoms with Crippen LogP contribution in [0.3, 0.4) is 0 Å². The van der Waals surface area contributed by atoms with Crippen molar-refractivity contribution < 1.29 is 9.59 Å². The average Bonchev–Trinajstić information content (AvgIpc) is 2.30. The quantitative estimate of drug-likeness (QED) is 0.714. The van der Waals surface area contributed by atoms with Crippen LogP contribution in [0, 0.1) is 17.3 Å². The fourth-order valence-electron chi connectivity index (χ4n) is 1.28. The van der Waals surface area contributed by atoms with Crippen molar-refractivity contribution in [3.05, 3.63) is 0 Å². The van der Waals surface area contributed by atoms with Crippen molar-refractivity contribution >= 4 is 11.8 Å². The number of hydrogen-bond acceptors (Lipinski definition) is 2. The summed E-state index contributed by atoms with van der Waals surface area (Å²) in [7, 11) is 0. The lowest BCUT2D eigenvalue weighted by molar-refractivity contribution is -0.128. The van der Waals surface area contributed by atoms with E-state index in [4.69, 9.17) is 0 Å². The fraction of sp³-hybridized carbons (Fsp3) is 0.857. The number of carbonyl (C=O) groups excluding carboxylic acids is 2. The van der Waals surface area contributed by atoms with Gasteiger partial charge >= 0.3 is 0 Å². The monoisotopic (exact) mass is 256 g/mol. The molecule has 4 nitrogen and oxygen atoms in total. The van der Waals surface area contributed by atoms with E-state index in [0.29, 0.717) is 13.1 Å². The third-order valence-corrected chi connectivity index (χ3v) is 3.48. The van der Waals surface area contributed by atoms with Gasteiger partial charge in [-0.2, -0.15) is 0 Å². The van der Waals surface area contributed by atoms with Crippen LogP contribution in [0.15, 0.2) is 0 Å². The van der Waals surface area contributed by atoms with Crippen molar-refractivity contribution in [2.45, 2.75) is 48.0 Å². The van der Waals surface area contributed by atoms with Crippen LogP contribution in [0.2, 0.25) is 0 Å². The molecule has 4 heteroatoms. The first kappa shape index (κ1) is 16.9. The van der Waals surface area contributed by atoms with Crippen LogP contribution in [0.4, 0.5) is 0 Å². The van der Waals surface area contributed by atoms with Crippen LogP contribution in [-0.2, 0) is 9.59 Å². The molecule has 0 aromatic carbocycles. The molecule has 2 N–H and O–H groups in total. The standard InChI is InChI=1S/C14H28N2O2/c1-7-10(2)12(17)15-8-9-16-13(18)11(3)14(4,5)6/h10-11H,7-9H2,1-6H3,(H,15,17)(H,16,18). The lowest BCUT2D eigenvalue weighted by Crippen LogP contribution is -2.41. The maximum Gasteiger partial charge on any atom is 0.223 e. The largest absolute Gasteiger partial charge is 0.354 e. The summed E-state index contributed by atoms with van der Waals surface area (Å²) < 4.78 is 0. The maximum atomic E-state index is 11.8. The first-order valence-corrected chi connectivity index (χ1v) is 6.75. The van der Waals surface area contributed by atoms with Gasteiger partial charge in [-0.15, -0.1) is 0 Å². The third kappa shape index (κ3) is 6.03. The molecule has 0 aromatic heterocycles. The van der Waals surface area contributed by atoms with Crippen LogP contribution < -0.4 is 10.6 Å². The molecule has 0 bridgehead atoms. The highest BCUT2D eigenvalue weighted by atomic mass is 16.2. The van der Waals surface area contributed by atoms with Gasteiger partial charge in [0.1, 0.15) is 0 Å². The number of carbonyl (C=O) groups is 2. The van der Waals surface area contributed by atoms with E-state index in [1.807, 2.05) is 41.5 Å². The fourth-order valence-corrected chi connectivity index (χ4v) is 1.28. The van der Waals surface area contributed by atoms with Crippen LogP contribution >= 0.6 is 0 Å². The van der Waals surface area contributed by atoms with Crippen molar-refractivity contribution in [3.8, 4) is 0 Å². The summed E-state index contributed by atoms with van der Waals surface area (Å²) >= 11 is 0. The Morgan fingerprint density at radius 1 is 1.00 bits per heavy atom. The van der Waals surface area contributed by atoms with Gasteiger partial charge in [-0.3, -0.25) is 9.59 Å². The first-order chi connectivity index (χ1) is 8.20. The van der Waals surface area contributed by atoms with E-state index in [2.05, 4.69) is 10.6 Å². The first-order valence-electron chi connectivity index (χ1n) is 6.75. The lowest BCUT2D eigenvalue weighted by atomic mass is 9.81. The van der Waals surface area contributed by atoms with Gasteiger partial charge in [0, 0.05) is 24.9 Å². The van der Waals surface area contributed by atoms with E-state index in [1.165, 1.54) is 0 Å². The van der Waals surface area contributed by atoms with Crippen molar-refractivity contribution in [3.63, 3.8) is 0 Å². The highest BCUT2D eigenvalue weighted by molar-refractivity contribution is 5.79. The second-order valence-electron chi connectivity index (χ2n) is 5.98. The second-order valence-corrected chi connectivity index (χ2v) is 5.98. The molecule has 0 saturated carbocycles. The van der Waals surface area contributed by atoms with Gasteiger partial charge in [-0.1, -0.05) is 41.5 Å². The van der Waals surface area contributed by atoms with E-state index < -0.39 is 0 Å². The summed E-state index contributed by atoms with van der Waals surface area (Å²) in [5, 5.41) is 5.66. The molecule has 0 heterocycles. The van der Waals surface area contributed by atoms with Gasteiger partial charge in [0.15, 0.2) is 0 Å². The molecule has 0 aliphatic carbocycles. The highest BCUT2D eigenvalue weighted by Gasteiger charge is 2.26.